The number of pyridine rings is 1. The van der Waals surface area contributed by atoms with Gasteiger partial charge >= 0.3 is 0 Å². The van der Waals surface area contributed by atoms with Gasteiger partial charge in [-0.25, -0.2) is 4.98 Å². The molecule has 0 saturated carbocycles. The minimum absolute atomic E-state index is 0.0642. The van der Waals surface area contributed by atoms with Crippen LogP contribution in [0.1, 0.15) is 35.2 Å². The molecule has 8 nitrogen and oxygen atoms in total. The highest BCUT2D eigenvalue weighted by Crippen LogP contribution is 2.14. The van der Waals surface area contributed by atoms with E-state index in [2.05, 4.69) is 22.4 Å². The molecule has 0 aromatic carbocycles. The third kappa shape index (κ3) is 4.19. The zero-order valence-corrected chi connectivity index (χ0v) is 15.1. The lowest BCUT2D eigenvalue weighted by atomic mass is 10.2. The number of carbonyl (C=O) groups is 2. The highest BCUT2D eigenvalue weighted by Gasteiger charge is 2.22. The van der Waals surface area contributed by atoms with Gasteiger partial charge in [0.1, 0.15) is 5.82 Å². The molecule has 2 aromatic rings. The maximum absolute atomic E-state index is 12.2. The van der Waals surface area contributed by atoms with E-state index in [4.69, 9.17) is 4.52 Å². The van der Waals surface area contributed by atoms with Crippen LogP contribution in [0.15, 0.2) is 28.9 Å². The van der Waals surface area contributed by atoms with Crippen molar-refractivity contribution in [1.82, 2.24) is 20.4 Å². The summed E-state index contributed by atoms with van der Waals surface area (Å²) in [4.78, 5) is 32.0. The number of hydrogen-bond acceptors (Lipinski definition) is 6. The van der Waals surface area contributed by atoms with Gasteiger partial charge in [0.15, 0.2) is 5.76 Å². The van der Waals surface area contributed by atoms with Crippen LogP contribution in [-0.4, -0.2) is 53.5 Å². The zero-order chi connectivity index (χ0) is 18.5. The van der Waals surface area contributed by atoms with Crippen LogP contribution < -0.4 is 10.2 Å². The van der Waals surface area contributed by atoms with Crippen LogP contribution in [0.3, 0.4) is 0 Å². The van der Waals surface area contributed by atoms with Crippen molar-refractivity contribution in [3.05, 3.63) is 41.4 Å². The monoisotopic (exact) mass is 357 g/mol. The van der Waals surface area contributed by atoms with Gasteiger partial charge in [0.25, 0.3) is 5.91 Å². The Morgan fingerprint density at radius 1 is 1.35 bits per heavy atom. The van der Waals surface area contributed by atoms with Crippen molar-refractivity contribution in [3.8, 4) is 0 Å². The Balaban J connectivity index is 1.55. The number of amides is 2. The summed E-state index contributed by atoms with van der Waals surface area (Å²) < 4.78 is 5.20. The number of carbonyl (C=O) groups excluding carboxylic acids is 2. The van der Waals surface area contributed by atoms with Crippen molar-refractivity contribution in [2.24, 2.45) is 0 Å². The summed E-state index contributed by atoms with van der Waals surface area (Å²) in [5.74, 6) is 1.16. The van der Waals surface area contributed by atoms with Crippen LogP contribution in [0.4, 0.5) is 5.82 Å². The van der Waals surface area contributed by atoms with E-state index < -0.39 is 0 Å². The van der Waals surface area contributed by atoms with Crippen LogP contribution in [0.2, 0.25) is 0 Å². The molecule has 0 unspecified atom stereocenters. The second kappa shape index (κ2) is 7.99. The van der Waals surface area contributed by atoms with Crippen molar-refractivity contribution in [3.63, 3.8) is 0 Å². The summed E-state index contributed by atoms with van der Waals surface area (Å²) in [5.41, 5.74) is 1.35. The highest BCUT2D eigenvalue weighted by atomic mass is 16.5. The predicted molar refractivity (Wildman–Crippen MR) is 95.8 cm³/mol. The van der Waals surface area contributed by atoms with Crippen LogP contribution in [0.5, 0.6) is 0 Å². The summed E-state index contributed by atoms with van der Waals surface area (Å²) >= 11 is 0. The van der Waals surface area contributed by atoms with Gasteiger partial charge in [-0.1, -0.05) is 18.5 Å². The van der Waals surface area contributed by atoms with E-state index in [0.29, 0.717) is 30.2 Å². The third-order valence-electron chi connectivity index (χ3n) is 4.33. The average molecular weight is 357 g/mol. The lowest BCUT2D eigenvalue weighted by Gasteiger charge is -2.32. The van der Waals surface area contributed by atoms with Gasteiger partial charge in [0.2, 0.25) is 5.91 Å². The third-order valence-corrected chi connectivity index (χ3v) is 4.33. The van der Waals surface area contributed by atoms with Gasteiger partial charge < -0.3 is 19.6 Å². The summed E-state index contributed by atoms with van der Waals surface area (Å²) in [6, 6.07) is 5.33. The van der Waals surface area contributed by atoms with Gasteiger partial charge in [-0.2, -0.15) is 0 Å². The minimum atomic E-state index is -0.230. The highest BCUT2D eigenvalue weighted by molar-refractivity contribution is 5.94. The molecule has 0 bridgehead atoms. The molecule has 0 radical (unpaired) electrons. The van der Waals surface area contributed by atoms with Crippen LogP contribution >= 0.6 is 0 Å². The summed E-state index contributed by atoms with van der Waals surface area (Å²) in [7, 11) is 1.79. The fourth-order valence-corrected chi connectivity index (χ4v) is 2.74. The maximum atomic E-state index is 12.2. The molecule has 0 spiro atoms. The normalized spacial score (nSPS) is 14.6. The SMILES string of the molecule is CCCc1cc(CNC(=O)c2ccc(N3CCN(C)C(=O)C3)nc2)on1. The predicted octanol–water partition coefficient (Wildman–Crippen LogP) is 1.23. The van der Waals surface area contributed by atoms with Crippen LogP contribution in [0, 0.1) is 0 Å². The molecule has 8 heteroatoms. The van der Waals surface area contributed by atoms with E-state index in [1.807, 2.05) is 11.0 Å². The molecule has 0 aliphatic carbocycles. The summed E-state index contributed by atoms with van der Waals surface area (Å²) in [5, 5.41) is 6.75. The minimum Gasteiger partial charge on any atom is -0.359 e. The number of aryl methyl sites for hydroxylation is 1. The lowest BCUT2D eigenvalue weighted by molar-refractivity contribution is -0.129. The first kappa shape index (κ1) is 17.9. The number of piperazine rings is 1. The molecule has 26 heavy (non-hydrogen) atoms. The largest absolute Gasteiger partial charge is 0.359 e. The molecular weight excluding hydrogens is 334 g/mol. The van der Waals surface area contributed by atoms with Crippen molar-refractivity contribution in [1.29, 1.82) is 0 Å². The second-order valence-electron chi connectivity index (χ2n) is 6.36. The number of anilines is 1. The Hall–Kier alpha value is -2.90. The number of nitrogens with one attached hydrogen (secondary N) is 1. The maximum Gasteiger partial charge on any atom is 0.253 e. The summed E-state index contributed by atoms with van der Waals surface area (Å²) in [6.45, 7) is 4.06. The molecule has 1 N–H and O–H groups in total. The van der Waals surface area contributed by atoms with Gasteiger partial charge in [-0.3, -0.25) is 9.59 Å². The fourth-order valence-electron chi connectivity index (χ4n) is 2.74. The first-order valence-electron chi connectivity index (χ1n) is 8.74. The molecule has 0 atom stereocenters. The zero-order valence-electron chi connectivity index (χ0n) is 15.1. The molecule has 1 aliphatic rings. The second-order valence-corrected chi connectivity index (χ2v) is 6.36. The van der Waals surface area contributed by atoms with Crippen molar-refractivity contribution in [2.75, 3.05) is 31.6 Å². The number of likely N-dealkylation sites (N-methyl/N-ethyl adjacent to an activating group) is 1. The average Bonchev–Trinajstić information content (AvgIpc) is 3.10. The standard InChI is InChI=1S/C18H23N5O3/c1-3-4-14-9-15(26-21-14)11-20-18(25)13-5-6-16(19-10-13)23-8-7-22(2)17(24)12-23/h5-6,9-10H,3-4,7-8,11-12H2,1-2H3,(H,20,25). The first-order valence-corrected chi connectivity index (χ1v) is 8.74. The lowest BCUT2D eigenvalue weighted by Crippen LogP contribution is -2.48. The van der Waals surface area contributed by atoms with Gasteiger partial charge in [-0.15, -0.1) is 0 Å². The van der Waals surface area contributed by atoms with Gasteiger partial charge in [-0.05, 0) is 18.6 Å². The van der Waals surface area contributed by atoms with Crippen LogP contribution in [-0.2, 0) is 17.8 Å². The topological polar surface area (TPSA) is 91.6 Å². The van der Waals surface area contributed by atoms with Crippen molar-refractivity contribution < 1.29 is 14.1 Å². The molecule has 1 aliphatic heterocycles. The molecule has 138 valence electrons. The molecule has 3 rings (SSSR count). The number of nitrogens with zero attached hydrogens (tertiary/aromatic N) is 4. The Morgan fingerprint density at radius 2 is 2.19 bits per heavy atom. The number of aromatic nitrogens is 2. The van der Waals surface area contributed by atoms with Crippen LogP contribution in [0.25, 0.3) is 0 Å². The Morgan fingerprint density at radius 3 is 2.88 bits per heavy atom. The van der Waals surface area contributed by atoms with E-state index in [0.717, 1.165) is 25.1 Å². The number of rotatable bonds is 6. The first-order chi connectivity index (χ1) is 12.6. The Labute approximate surface area is 152 Å². The van der Waals surface area contributed by atoms with E-state index in [1.54, 1.807) is 24.1 Å². The van der Waals surface area contributed by atoms with E-state index in [1.165, 1.54) is 6.20 Å². The smallest absolute Gasteiger partial charge is 0.253 e. The molecular formula is C18H23N5O3. The van der Waals surface area contributed by atoms with E-state index in [9.17, 15) is 9.59 Å². The fraction of sp³-hybridized carbons (Fsp3) is 0.444. The number of hydrogen-bond donors (Lipinski definition) is 1. The molecule has 3 heterocycles. The molecule has 1 saturated heterocycles. The molecule has 2 amide bonds. The summed E-state index contributed by atoms with van der Waals surface area (Å²) in [6.07, 6.45) is 3.38. The van der Waals surface area contributed by atoms with Gasteiger partial charge in [0.05, 0.1) is 24.3 Å². The Kier molecular flexibility index (Phi) is 5.50. The van der Waals surface area contributed by atoms with E-state index >= 15 is 0 Å². The Bertz CT molecular complexity index is 771. The quantitative estimate of drug-likeness (QED) is 0.836. The van der Waals surface area contributed by atoms with Crippen molar-refractivity contribution >= 4 is 17.6 Å². The molecule has 2 aromatic heterocycles. The van der Waals surface area contributed by atoms with E-state index in [-0.39, 0.29) is 18.4 Å². The van der Waals surface area contributed by atoms with Gasteiger partial charge in [0, 0.05) is 32.4 Å². The van der Waals surface area contributed by atoms with Crippen molar-refractivity contribution in [2.45, 2.75) is 26.3 Å². The molecule has 1 fully saturated rings.